The summed E-state index contributed by atoms with van der Waals surface area (Å²) in [7, 11) is 0. The Bertz CT molecular complexity index is 470. The van der Waals surface area contributed by atoms with Crippen molar-refractivity contribution in [2.75, 3.05) is 0 Å². The van der Waals surface area contributed by atoms with E-state index >= 15 is 0 Å². The minimum atomic E-state index is -0.818. The van der Waals surface area contributed by atoms with Crippen molar-refractivity contribution in [3.05, 3.63) is 32.2 Å². The van der Waals surface area contributed by atoms with Crippen LogP contribution in [0.25, 0.3) is 0 Å². The number of aryl methyl sites for hydroxylation is 1. The first-order valence-electron chi connectivity index (χ1n) is 5.62. The molecular formula is C13H14Br2O3. The number of halogens is 2. The van der Waals surface area contributed by atoms with Gasteiger partial charge in [0.1, 0.15) is 0 Å². The minimum absolute atomic E-state index is 0.0352. The first-order valence-corrected chi connectivity index (χ1v) is 7.21. The van der Waals surface area contributed by atoms with Crippen molar-refractivity contribution in [1.82, 2.24) is 0 Å². The Hall–Kier alpha value is -0.680. The van der Waals surface area contributed by atoms with Crippen molar-refractivity contribution >= 4 is 43.6 Å². The standard InChI is InChI=1S/C13H14Br2O3/c1-8-6-11(15)9(7-10(8)14)12(16)4-2-3-5-13(17)18/h6-7H,2-5H2,1H3,(H,17,18). The molecule has 0 saturated carbocycles. The zero-order valence-corrected chi connectivity index (χ0v) is 13.2. The molecule has 0 saturated heterocycles. The predicted octanol–water partition coefficient (Wildman–Crippen LogP) is 4.35. The molecule has 0 atom stereocenters. The third kappa shape index (κ3) is 4.53. The van der Waals surface area contributed by atoms with Crippen LogP contribution in [0.2, 0.25) is 0 Å². The quantitative estimate of drug-likeness (QED) is 0.592. The first-order chi connectivity index (χ1) is 8.41. The van der Waals surface area contributed by atoms with Gasteiger partial charge in [0.05, 0.1) is 0 Å². The van der Waals surface area contributed by atoms with Crippen molar-refractivity contribution < 1.29 is 14.7 Å². The van der Waals surface area contributed by atoms with E-state index in [1.54, 1.807) is 6.07 Å². The van der Waals surface area contributed by atoms with Gasteiger partial charge in [0.2, 0.25) is 0 Å². The second-order valence-corrected chi connectivity index (χ2v) is 5.81. The molecule has 0 amide bonds. The van der Waals surface area contributed by atoms with Crippen molar-refractivity contribution in [1.29, 1.82) is 0 Å². The Morgan fingerprint density at radius 3 is 2.33 bits per heavy atom. The van der Waals surface area contributed by atoms with E-state index < -0.39 is 5.97 Å². The maximum atomic E-state index is 12.0. The zero-order chi connectivity index (χ0) is 13.7. The number of carboxylic acids is 1. The van der Waals surface area contributed by atoms with Crippen LogP contribution in [-0.4, -0.2) is 16.9 Å². The highest BCUT2D eigenvalue weighted by Crippen LogP contribution is 2.26. The van der Waals surface area contributed by atoms with Crippen molar-refractivity contribution in [3.63, 3.8) is 0 Å². The van der Waals surface area contributed by atoms with Gasteiger partial charge in [-0.15, -0.1) is 0 Å². The smallest absolute Gasteiger partial charge is 0.303 e. The van der Waals surface area contributed by atoms with E-state index in [0.717, 1.165) is 14.5 Å². The number of carboxylic acid groups (broad SMARTS) is 1. The van der Waals surface area contributed by atoms with Crippen molar-refractivity contribution in [3.8, 4) is 0 Å². The molecule has 0 heterocycles. The highest BCUT2D eigenvalue weighted by atomic mass is 79.9. The molecular weight excluding hydrogens is 364 g/mol. The molecule has 0 aliphatic carbocycles. The highest BCUT2D eigenvalue weighted by molar-refractivity contribution is 9.11. The molecule has 1 rings (SSSR count). The number of unbranched alkanes of at least 4 members (excludes halogenated alkanes) is 1. The van der Waals surface area contributed by atoms with Crippen molar-refractivity contribution in [2.24, 2.45) is 0 Å². The maximum absolute atomic E-state index is 12.0. The van der Waals surface area contributed by atoms with Crippen LogP contribution in [0.1, 0.15) is 41.6 Å². The number of benzene rings is 1. The fourth-order valence-corrected chi connectivity index (χ4v) is 2.58. The monoisotopic (exact) mass is 376 g/mol. The molecule has 1 N–H and O–H groups in total. The van der Waals surface area contributed by atoms with Gasteiger partial charge in [-0.25, -0.2) is 0 Å². The average molecular weight is 378 g/mol. The largest absolute Gasteiger partial charge is 0.481 e. The summed E-state index contributed by atoms with van der Waals surface area (Å²) in [6.07, 6.45) is 1.63. The summed E-state index contributed by atoms with van der Waals surface area (Å²) in [6, 6.07) is 3.70. The second kappa shape index (κ2) is 7.04. The third-order valence-electron chi connectivity index (χ3n) is 2.59. The highest BCUT2D eigenvalue weighted by Gasteiger charge is 2.12. The van der Waals surface area contributed by atoms with Crippen LogP contribution in [0.3, 0.4) is 0 Å². The summed E-state index contributed by atoms with van der Waals surface area (Å²) in [5.41, 5.74) is 1.70. The van der Waals surface area contributed by atoms with Gasteiger partial charge in [0.15, 0.2) is 5.78 Å². The Kier molecular flexibility index (Phi) is 6.02. The molecule has 98 valence electrons. The molecule has 0 unspecified atom stereocenters. The van der Waals surface area contributed by atoms with E-state index in [1.165, 1.54) is 0 Å². The Morgan fingerprint density at radius 1 is 1.11 bits per heavy atom. The Balaban J connectivity index is 2.62. The van der Waals surface area contributed by atoms with E-state index in [9.17, 15) is 9.59 Å². The molecule has 0 fully saturated rings. The summed E-state index contributed by atoms with van der Waals surface area (Å²) < 4.78 is 1.69. The molecule has 1 aromatic carbocycles. The van der Waals surface area contributed by atoms with E-state index in [1.807, 2.05) is 13.0 Å². The summed E-state index contributed by atoms with van der Waals surface area (Å²) in [6.45, 7) is 1.95. The van der Waals surface area contributed by atoms with Gasteiger partial charge in [-0.1, -0.05) is 31.9 Å². The van der Waals surface area contributed by atoms with Gasteiger partial charge in [0, 0.05) is 27.4 Å². The SMILES string of the molecule is Cc1cc(Br)c(C(=O)CCCCC(=O)O)cc1Br. The lowest BCUT2D eigenvalue weighted by Gasteiger charge is -2.06. The van der Waals surface area contributed by atoms with Gasteiger partial charge in [-0.05, 0) is 37.5 Å². The van der Waals surface area contributed by atoms with E-state index in [4.69, 9.17) is 5.11 Å². The van der Waals surface area contributed by atoms with Gasteiger partial charge < -0.3 is 5.11 Å². The maximum Gasteiger partial charge on any atom is 0.303 e. The number of hydrogen-bond donors (Lipinski definition) is 1. The Labute approximate surface area is 123 Å². The predicted molar refractivity (Wildman–Crippen MR) is 77.0 cm³/mol. The summed E-state index contributed by atoms with van der Waals surface area (Å²) in [4.78, 5) is 22.3. The Morgan fingerprint density at radius 2 is 1.72 bits per heavy atom. The minimum Gasteiger partial charge on any atom is -0.481 e. The van der Waals surface area contributed by atoms with Crippen LogP contribution in [0, 0.1) is 6.92 Å². The number of Topliss-reactive ketones (excluding diaryl/α,β-unsaturated/α-hetero) is 1. The summed E-state index contributed by atoms with van der Waals surface area (Å²) >= 11 is 6.78. The number of ketones is 1. The summed E-state index contributed by atoms with van der Waals surface area (Å²) in [5.74, 6) is -0.783. The zero-order valence-electron chi connectivity index (χ0n) is 10.0. The lowest BCUT2D eigenvalue weighted by atomic mass is 10.0. The molecule has 0 aliphatic rings. The molecule has 3 nitrogen and oxygen atoms in total. The number of rotatable bonds is 6. The number of hydrogen-bond acceptors (Lipinski definition) is 2. The molecule has 0 aromatic heterocycles. The molecule has 0 radical (unpaired) electrons. The van der Waals surface area contributed by atoms with Crippen LogP contribution in [0.4, 0.5) is 0 Å². The van der Waals surface area contributed by atoms with E-state index in [-0.39, 0.29) is 12.2 Å². The fourth-order valence-electron chi connectivity index (χ4n) is 1.56. The molecule has 0 bridgehead atoms. The molecule has 5 heteroatoms. The van der Waals surface area contributed by atoms with Crippen LogP contribution < -0.4 is 0 Å². The fraction of sp³-hybridized carbons (Fsp3) is 0.385. The lowest BCUT2D eigenvalue weighted by Crippen LogP contribution is -2.02. The third-order valence-corrected chi connectivity index (χ3v) is 4.10. The van der Waals surface area contributed by atoms with Gasteiger partial charge in [0.25, 0.3) is 0 Å². The van der Waals surface area contributed by atoms with Crippen LogP contribution >= 0.6 is 31.9 Å². The molecule has 0 aliphatic heterocycles. The van der Waals surface area contributed by atoms with Crippen LogP contribution in [0.15, 0.2) is 21.1 Å². The van der Waals surface area contributed by atoms with Crippen LogP contribution in [-0.2, 0) is 4.79 Å². The van der Waals surface area contributed by atoms with E-state index in [0.29, 0.717) is 24.8 Å². The molecule has 0 spiro atoms. The van der Waals surface area contributed by atoms with Crippen molar-refractivity contribution in [2.45, 2.75) is 32.6 Å². The van der Waals surface area contributed by atoms with Gasteiger partial charge >= 0.3 is 5.97 Å². The topological polar surface area (TPSA) is 54.4 Å². The van der Waals surface area contributed by atoms with E-state index in [2.05, 4.69) is 31.9 Å². The van der Waals surface area contributed by atoms with Gasteiger partial charge in [-0.3, -0.25) is 9.59 Å². The summed E-state index contributed by atoms with van der Waals surface area (Å²) in [5, 5.41) is 8.51. The van der Waals surface area contributed by atoms with Crippen LogP contribution in [0.5, 0.6) is 0 Å². The molecule has 1 aromatic rings. The number of carbonyl (C=O) groups excluding carboxylic acids is 1. The average Bonchev–Trinajstić information content (AvgIpc) is 2.28. The lowest BCUT2D eigenvalue weighted by molar-refractivity contribution is -0.137. The molecule has 18 heavy (non-hydrogen) atoms. The number of aliphatic carboxylic acids is 1. The second-order valence-electron chi connectivity index (χ2n) is 4.11. The number of carbonyl (C=O) groups is 2. The van der Waals surface area contributed by atoms with Gasteiger partial charge in [-0.2, -0.15) is 0 Å². The normalized spacial score (nSPS) is 10.4. The first kappa shape index (κ1) is 15.4.